The van der Waals surface area contributed by atoms with Crippen molar-refractivity contribution < 1.29 is 0 Å². The molecule has 0 amide bonds. The average Bonchev–Trinajstić information content (AvgIpc) is 3.83. The fourth-order valence-electron chi connectivity index (χ4n) is 8.40. The predicted octanol–water partition coefficient (Wildman–Crippen LogP) is 14.6. The quantitative estimate of drug-likeness (QED) is 0.146. The molecule has 0 saturated heterocycles. The third kappa shape index (κ3) is 5.97. The average molecular weight is 792 g/mol. The summed E-state index contributed by atoms with van der Waals surface area (Å²) in [4.78, 5) is 2.39. The minimum absolute atomic E-state index is 0.364. The van der Waals surface area contributed by atoms with Gasteiger partial charge in [-0.2, -0.15) is 0 Å². The van der Waals surface area contributed by atoms with Crippen molar-refractivity contribution in [3.8, 4) is 39.1 Å². The Labute approximate surface area is 337 Å². The smallest absolute Gasteiger partial charge is 0.0617 e. The molecule has 0 fully saturated rings. The predicted molar refractivity (Wildman–Crippen MR) is 244 cm³/mol. The number of rotatable bonds is 7. The molecule has 0 radical (unpaired) electrons. The third-order valence-corrected chi connectivity index (χ3v) is 13.6. The standard InChI is InChI=1S/C54H36N2Se/c1-3-11-37(12-4-1)38-19-21-39(22-20-38)40-23-28-44(29-24-40)55(45-30-25-41(26-31-45)42-27-34-54-50(35-42)49-16-8-10-18-53(49)57-54)46-32-33-48-47-15-7-9-17-51(47)56(52(48)36-46)43-13-5-2-6-14-43/h1-36H. The third-order valence-electron chi connectivity index (χ3n) is 11.2. The minimum atomic E-state index is 0.364. The van der Waals surface area contributed by atoms with E-state index in [-0.39, 0.29) is 0 Å². The zero-order valence-corrected chi connectivity index (χ0v) is 32.8. The topological polar surface area (TPSA) is 8.17 Å². The number of benzene rings is 9. The van der Waals surface area contributed by atoms with Crippen molar-refractivity contribution in [2.24, 2.45) is 0 Å². The van der Waals surface area contributed by atoms with Gasteiger partial charge in [0.2, 0.25) is 0 Å². The normalized spacial score (nSPS) is 11.5. The van der Waals surface area contributed by atoms with Gasteiger partial charge in [-0.25, -0.2) is 0 Å². The van der Waals surface area contributed by atoms with Gasteiger partial charge in [0.1, 0.15) is 0 Å². The first-order valence-electron chi connectivity index (χ1n) is 19.4. The monoisotopic (exact) mass is 792 g/mol. The van der Waals surface area contributed by atoms with Gasteiger partial charge in [0.05, 0.1) is 5.52 Å². The van der Waals surface area contributed by atoms with Gasteiger partial charge in [-0.05, 0) is 40.5 Å². The van der Waals surface area contributed by atoms with Crippen LogP contribution in [-0.4, -0.2) is 19.1 Å². The van der Waals surface area contributed by atoms with Gasteiger partial charge in [0.15, 0.2) is 0 Å². The summed E-state index contributed by atoms with van der Waals surface area (Å²) in [6.45, 7) is 0. The Morgan fingerprint density at radius 3 is 1.46 bits per heavy atom. The SMILES string of the molecule is c1ccc(-c2ccc(-c3ccc(N(c4ccc(-c5ccc6[se]c7ccccc7c6c5)cc4)c4ccc5c6ccccc6n(-c6ccccc6)c5c4)cc3)cc2)cc1. The molecule has 0 unspecified atom stereocenters. The summed E-state index contributed by atoms with van der Waals surface area (Å²) in [7, 11) is 0. The van der Waals surface area contributed by atoms with Gasteiger partial charge in [-0.15, -0.1) is 0 Å². The number of nitrogens with zero attached hydrogens (tertiary/aromatic N) is 2. The number of aromatic nitrogens is 1. The molecule has 268 valence electrons. The molecule has 57 heavy (non-hydrogen) atoms. The van der Waals surface area contributed by atoms with E-state index in [0.29, 0.717) is 14.5 Å². The maximum absolute atomic E-state index is 2.39. The molecule has 2 aromatic heterocycles. The van der Waals surface area contributed by atoms with E-state index in [0.717, 1.165) is 22.7 Å². The van der Waals surface area contributed by atoms with Crippen molar-refractivity contribution in [1.82, 2.24) is 4.57 Å². The van der Waals surface area contributed by atoms with E-state index in [1.165, 1.54) is 74.5 Å². The number of hydrogen-bond donors (Lipinski definition) is 0. The van der Waals surface area contributed by atoms with Crippen molar-refractivity contribution in [3.05, 3.63) is 218 Å². The number of anilines is 3. The summed E-state index contributed by atoms with van der Waals surface area (Å²) >= 11 is 0.364. The van der Waals surface area contributed by atoms with E-state index in [1.807, 2.05) is 0 Å². The molecule has 3 heteroatoms. The molecule has 11 aromatic rings. The summed E-state index contributed by atoms with van der Waals surface area (Å²) < 4.78 is 5.33. The Bertz CT molecular complexity index is 3200. The number of para-hydroxylation sites is 2. The van der Waals surface area contributed by atoms with E-state index < -0.39 is 0 Å². The minimum Gasteiger partial charge on any atom is -0.0617 e. The Hall–Kier alpha value is -6.90. The first-order valence-corrected chi connectivity index (χ1v) is 21.1. The molecule has 0 aliphatic carbocycles. The molecule has 11 rings (SSSR count). The van der Waals surface area contributed by atoms with Crippen LogP contribution in [0.2, 0.25) is 0 Å². The van der Waals surface area contributed by atoms with Gasteiger partial charge < -0.3 is 4.57 Å². The second-order valence-corrected chi connectivity index (χ2v) is 16.8. The molecule has 0 aliphatic rings. The van der Waals surface area contributed by atoms with Gasteiger partial charge in [-0.3, -0.25) is 0 Å². The fourth-order valence-corrected chi connectivity index (χ4v) is 10.7. The maximum atomic E-state index is 2.39. The van der Waals surface area contributed by atoms with E-state index in [4.69, 9.17) is 0 Å². The van der Waals surface area contributed by atoms with Gasteiger partial charge in [0, 0.05) is 16.5 Å². The zero-order valence-electron chi connectivity index (χ0n) is 31.1. The second-order valence-electron chi connectivity index (χ2n) is 14.6. The van der Waals surface area contributed by atoms with Crippen molar-refractivity contribution >= 4 is 72.7 Å². The van der Waals surface area contributed by atoms with Gasteiger partial charge in [-0.1, -0.05) is 91.0 Å². The Kier molecular flexibility index (Phi) is 8.21. The van der Waals surface area contributed by atoms with Crippen LogP contribution in [0, 0.1) is 0 Å². The van der Waals surface area contributed by atoms with Crippen molar-refractivity contribution in [1.29, 1.82) is 0 Å². The van der Waals surface area contributed by atoms with Crippen LogP contribution in [0.3, 0.4) is 0 Å². The first-order chi connectivity index (χ1) is 28.2. The van der Waals surface area contributed by atoms with Crippen LogP contribution in [-0.2, 0) is 0 Å². The summed E-state index contributed by atoms with van der Waals surface area (Å²) in [6.07, 6.45) is 0. The van der Waals surface area contributed by atoms with E-state index in [2.05, 4.69) is 228 Å². The van der Waals surface area contributed by atoms with E-state index in [9.17, 15) is 0 Å². The van der Waals surface area contributed by atoms with E-state index >= 15 is 0 Å². The fraction of sp³-hybridized carbons (Fsp3) is 0. The summed E-state index contributed by atoms with van der Waals surface area (Å²) in [5, 5.41) is 5.25. The summed E-state index contributed by atoms with van der Waals surface area (Å²) in [6, 6.07) is 79.8. The molecule has 2 nitrogen and oxygen atoms in total. The van der Waals surface area contributed by atoms with Crippen molar-refractivity contribution in [2.45, 2.75) is 0 Å². The zero-order chi connectivity index (χ0) is 37.7. The Morgan fingerprint density at radius 2 is 0.772 bits per heavy atom. The molecule has 0 spiro atoms. The van der Waals surface area contributed by atoms with Crippen LogP contribution in [0.25, 0.3) is 80.2 Å². The molecule has 0 atom stereocenters. The van der Waals surface area contributed by atoms with Crippen LogP contribution in [0.1, 0.15) is 0 Å². The van der Waals surface area contributed by atoms with E-state index in [1.54, 1.807) is 0 Å². The summed E-state index contributed by atoms with van der Waals surface area (Å²) in [5.74, 6) is 0. The van der Waals surface area contributed by atoms with Gasteiger partial charge in [0.25, 0.3) is 0 Å². The molecule has 2 heterocycles. The van der Waals surface area contributed by atoms with Crippen LogP contribution >= 0.6 is 0 Å². The molecule has 0 N–H and O–H groups in total. The Morgan fingerprint density at radius 1 is 0.298 bits per heavy atom. The Balaban J connectivity index is 1.02. The van der Waals surface area contributed by atoms with Crippen LogP contribution in [0.5, 0.6) is 0 Å². The molecule has 0 aliphatic heterocycles. The van der Waals surface area contributed by atoms with Crippen LogP contribution in [0.4, 0.5) is 17.1 Å². The van der Waals surface area contributed by atoms with Crippen molar-refractivity contribution in [2.75, 3.05) is 4.90 Å². The molecule has 0 bridgehead atoms. The first kappa shape index (κ1) is 33.4. The van der Waals surface area contributed by atoms with Crippen molar-refractivity contribution in [3.63, 3.8) is 0 Å². The number of hydrogen-bond acceptors (Lipinski definition) is 1. The van der Waals surface area contributed by atoms with Gasteiger partial charge >= 0.3 is 182 Å². The van der Waals surface area contributed by atoms with Crippen LogP contribution in [0.15, 0.2) is 218 Å². The number of fused-ring (bicyclic) bond motifs is 6. The second kappa shape index (κ2) is 14.0. The van der Waals surface area contributed by atoms with Crippen LogP contribution < -0.4 is 4.90 Å². The molecule has 9 aromatic carbocycles. The summed E-state index contributed by atoms with van der Waals surface area (Å²) in [5.41, 5.74) is 14.1. The molecular weight excluding hydrogens is 756 g/mol. The molecular formula is C54H36N2Se. The molecule has 0 saturated carbocycles.